The number of unbranched alkanes of at least 4 members (excludes halogenated alkanes) is 1. The van der Waals surface area contributed by atoms with Crippen LogP contribution in [0.2, 0.25) is 0 Å². The molecule has 0 heterocycles. The van der Waals surface area contributed by atoms with Gasteiger partial charge in [0.1, 0.15) is 12.4 Å². The molecule has 1 N–H and O–H groups in total. The highest BCUT2D eigenvalue weighted by Crippen LogP contribution is 2.23. The van der Waals surface area contributed by atoms with Crippen LogP contribution in [0.5, 0.6) is 5.75 Å². The SMILES string of the molecule is C=Cc1ccc(OCc2ccccc2)c(CC(=O)NCCCC)c1. The summed E-state index contributed by atoms with van der Waals surface area (Å²) in [6.07, 6.45) is 4.16. The van der Waals surface area contributed by atoms with E-state index < -0.39 is 0 Å². The molecule has 0 fully saturated rings. The number of ether oxygens (including phenoxy) is 1. The van der Waals surface area contributed by atoms with Crippen LogP contribution in [0.1, 0.15) is 36.5 Å². The van der Waals surface area contributed by atoms with Gasteiger partial charge in [0, 0.05) is 12.1 Å². The van der Waals surface area contributed by atoms with E-state index in [0.29, 0.717) is 13.0 Å². The molecule has 0 aliphatic carbocycles. The molecule has 0 spiro atoms. The number of benzene rings is 2. The Morgan fingerprint density at radius 2 is 2.00 bits per heavy atom. The van der Waals surface area contributed by atoms with Gasteiger partial charge >= 0.3 is 0 Å². The molecule has 0 aliphatic rings. The van der Waals surface area contributed by atoms with Crippen LogP contribution < -0.4 is 10.1 Å². The van der Waals surface area contributed by atoms with E-state index >= 15 is 0 Å². The van der Waals surface area contributed by atoms with E-state index in [2.05, 4.69) is 18.8 Å². The minimum Gasteiger partial charge on any atom is -0.489 e. The fourth-order valence-corrected chi connectivity index (χ4v) is 2.38. The predicted molar refractivity (Wildman–Crippen MR) is 98.9 cm³/mol. The summed E-state index contributed by atoms with van der Waals surface area (Å²) in [6.45, 7) is 7.10. The molecule has 0 aliphatic heterocycles. The Labute approximate surface area is 144 Å². The van der Waals surface area contributed by atoms with Gasteiger partial charge in [0.2, 0.25) is 5.91 Å². The second-order valence-corrected chi connectivity index (χ2v) is 5.73. The largest absolute Gasteiger partial charge is 0.489 e. The highest BCUT2D eigenvalue weighted by atomic mass is 16.5. The third-order valence-electron chi connectivity index (χ3n) is 3.76. The first-order valence-corrected chi connectivity index (χ1v) is 8.41. The van der Waals surface area contributed by atoms with Gasteiger partial charge in [-0.05, 0) is 29.7 Å². The van der Waals surface area contributed by atoms with Gasteiger partial charge in [0.05, 0.1) is 6.42 Å². The molecule has 2 aromatic rings. The normalized spacial score (nSPS) is 10.2. The molecule has 3 nitrogen and oxygen atoms in total. The van der Waals surface area contributed by atoms with Crippen molar-refractivity contribution in [3.63, 3.8) is 0 Å². The van der Waals surface area contributed by atoms with Crippen molar-refractivity contribution in [1.29, 1.82) is 0 Å². The summed E-state index contributed by atoms with van der Waals surface area (Å²) >= 11 is 0. The topological polar surface area (TPSA) is 38.3 Å². The van der Waals surface area contributed by atoms with E-state index in [0.717, 1.165) is 41.8 Å². The monoisotopic (exact) mass is 323 g/mol. The van der Waals surface area contributed by atoms with Crippen molar-refractivity contribution in [3.05, 3.63) is 71.8 Å². The van der Waals surface area contributed by atoms with Gasteiger partial charge in [-0.15, -0.1) is 0 Å². The molecule has 0 atom stereocenters. The molecule has 2 rings (SSSR count). The summed E-state index contributed by atoms with van der Waals surface area (Å²) in [5.41, 5.74) is 2.97. The second-order valence-electron chi connectivity index (χ2n) is 5.73. The summed E-state index contributed by atoms with van der Waals surface area (Å²) in [7, 11) is 0. The van der Waals surface area contributed by atoms with Crippen LogP contribution in [0.15, 0.2) is 55.1 Å². The van der Waals surface area contributed by atoms with Crippen molar-refractivity contribution in [1.82, 2.24) is 5.32 Å². The standard InChI is InChI=1S/C21H25NO2/c1-3-5-13-22-21(23)15-19-14-17(4-2)11-12-20(19)24-16-18-9-7-6-8-10-18/h4,6-12,14H,2-3,5,13,15-16H2,1H3,(H,22,23). The predicted octanol–water partition coefficient (Wildman–Crippen LogP) is 4.37. The number of amides is 1. The number of carbonyl (C=O) groups excluding carboxylic acids is 1. The van der Waals surface area contributed by atoms with Crippen molar-refractivity contribution in [2.24, 2.45) is 0 Å². The lowest BCUT2D eigenvalue weighted by atomic mass is 10.1. The Kier molecular flexibility index (Phi) is 7.09. The molecule has 24 heavy (non-hydrogen) atoms. The van der Waals surface area contributed by atoms with Gasteiger partial charge in [-0.25, -0.2) is 0 Å². The molecule has 3 heteroatoms. The summed E-state index contributed by atoms with van der Waals surface area (Å²) in [6, 6.07) is 15.8. The van der Waals surface area contributed by atoms with Crippen LogP contribution in [-0.2, 0) is 17.8 Å². The molecule has 0 aromatic heterocycles. The molecule has 0 radical (unpaired) electrons. The summed E-state index contributed by atoms with van der Waals surface area (Å²) < 4.78 is 5.93. The second kappa shape index (κ2) is 9.56. The van der Waals surface area contributed by atoms with E-state index in [9.17, 15) is 4.79 Å². The zero-order chi connectivity index (χ0) is 17.2. The zero-order valence-corrected chi connectivity index (χ0v) is 14.3. The molecule has 2 aromatic carbocycles. The highest BCUT2D eigenvalue weighted by Gasteiger charge is 2.10. The third kappa shape index (κ3) is 5.58. The Balaban J connectivity index is 2.06. The number of hydrogen-bond acceptors (Lipinski definition) is 2. The lowest BCUT2D eigenvalue weighted by Crippen LogP contribution is -2.26. The Morgan fingerprint density at radius 3 is 2.71 bits per heavy atom. The van der Waals surface area contributed by atoms with Gasteiger partial charge in [0.15, 0.2) is 0 Å². The third-order valence-corrected chi connectivity index (χ3v) is 3.76. The van der Waals surface area contributed by atoms with Crippen LogP contribution in [0, 0.1) is 0 Å². The minimum atomic E-state index is 0.0224. The van der Waals surface area contributed by atoms with Crippen LogP contribution >= 0.6 is 0 Å². The van der Waals surface area contributed by atoms with Crippen LogP contribution in [0.25, 0.3) is 6.08 Å². The van der Waals surface area contributed by atoms with Gasteiger partial charge in [0.25, 0.3) is 0 Å². The maximum absolute atomic E-state index is 12.1. The first-order chi connectivity index (χ1) is 11.7. The smallest absolute Gasteiger partial charge is 0.224 e. The Bertz CT molecular complexity index is 665. The van der Waals surface area contributed by atoms with Gasteiger partial charge in [-0.1, -0.05) is 62.4 Å². The maximum Gasteiger partial charge on any atom is 0.224 e. The first kappa shape index (κ1) is 17.8. The lowest BCUT2D eigenvalue weighted by Gasteiger charge is -2.13. The number of hydrogen-bond donors (Lipinski definition) is 1. The van der Waals surface area contributed by atoms with E-state index in [1.54, 1.807) is 6.08 Å². The van der Waals surface area contributed by atoms with Crippen LogP contribution in [0.4, 0.5) is 0 Å². The van der Waals surface area contributed by atoms with Crippen molar-refractivity contribution >= 4 is 12.0 Å². The summed E-state index contributed by atoms with van der Waals surface area (Å²) in [4.78, 5) is 12.1. The Hall–Kier alpha value is -2.55. The average molecular weight is 323 g/mol. The highest BCUT2D eigenvalue weighted by molar-refractivity contribution is 5.79. The van der Waals surface area contributed by atoms with Crippen molar-refractivity contribution in [2.75, 3.05) is 6.54 Å². The van der Waals surface area contributed by atoms with Gasteiger partial charge in [-0.3, -0.25) is 4.79 Å². The molecule has 1 amide bonds. The van der Waals surface area contributed by atoms with Crippen molar-refractivity contribution < 1.29 is 9.53 Å². The molecular weight excluding hydrogens is 298 g/mol. The van der Waals surface area contributed by atoms with E-state index in [4.69, 9.17) is 4.74 Å². The molecule has 0 saturated heterocycles. The van der Waals surface area contributed by atoms with Crippen LogP contribution in [-0.4, -0.2) is 12.5 Å². The summed E-state index contributed by atoms with van der Waals surface area (Å²) in [5.74, 6) is 0.768. The molecular formula is C21H25NO2. The van der Waals surface area contributed by atoms with Crippen molar-refractivity contribution in [3.8, 4) is 5.75 Å². The lowest BCUT2D eigenvalue weighted by molar-refractivity contribution is -0.120. The van der Waals surface area contributed by atoms with E-state index in [-0.39, 0.29) is 5.91 Å². The molecule has 0 unspecified atom stereocenters. The fourth-order valence-electron chi connectivity index (χ4n) is 2.38. The van der Waals surface area contributed by atoms with Crippen molar-refractivity contribution in [2.45, 2.75) is 32.8 Å². The average Bonchev–Trinajstić information content (AvgIpc) is 2.61. The zero-order valence-electron chi connectivity index (χ0n) is 14.3. The number of nitrogens with one attached hydrogen (secondary N) is 1. The summed E-state index contributed by atoms with van der Waals surface area (Å²) in [5, 5.41) is 2.95. The van der Waals surface area contributed by atoms with Gasteiger partial charge in [-0.2, -0.15) is 0 Å². The molecule has 126 valence electrons. The van der Waals surface area contributed by atoms with Gasteiger partial charge < -0.3 is 10.1 Å². The molecule has 0 saturated carbocycles. The van der Waals surface area contributed by atoms with E-state index in [1.165, 1.54) is 0 Å². The number of rotatable bonds is 9. The maximum atomic E-state index is 12.1. The first-order valence-electron chi connectivity index (χ1n) is 8.41. The number of carbonyl (C=O) groups is 1. The van der Waals surface area contributed by atoms with E-state index in [1.807, 2.05) is 48.5 Å². The fraction of sp³-hybridized carbons (Fsp3) is 0.286. The Morgan fingerprint density at radius 1 is 1.21 bits per heavy atom. The minimum absolute atomic E-state index is 0.0224. The molecule has 0 bridgehead atoms. The quantitative estimate of drug-likeness (QED) is 0.696. The van der Waals surface area contributed by atoms with Crippen LogP contribution in [0.3, 0.4) is 0 Å².